The van der Waals surface area contributed by atoms with Crippen LogP contribution in [0.25, 0.3) is 0 Å². The van der Waals surface area contributed by atoms with Crippen LogP contribution in [-0.4, -0.2) is 15.0 Å². The second-order valence-electron chi connectivity index (χ2n) is 2.23. The Morgan fingerprint density at radius 1 is 1.67 bits per heavy atom. The minimum Gasteiger partial charge on any atom is -0.235 e. The zero-order valence-corrected chi connectivity index (χ0v) is 6.37. The van der Waals surface area contributed by atoms with E-state index in [2.05, 4.69) is 26.2 Å². The van der Waals surface area contributed by atoms with Gasteiger partial charge in [-0.05, 0) is 28.8 Å². The highest BCUT2D eigenvalue weighted by Crippen LogP contribution is 2.35. The van der Waals surface area contributed by atoms with Gasteiger partial charge < -0.3 is 0 Å². The van der Waals surface area contributed by atoms with Gasteiger partial charge in [-0.1, -0.05) is 5.21 Å². The Labute approximate surface area is 61.2 Å². The van der Waals surface area contributed by atoms with Gasteiger partial charge in [0.05, 0.1) is 12.2 Å². The molecule has 1 heterocycles. The van der Waals surface area contributed by atoms with Crippen LogP contribution in [0.1, 0.15) is 18.9 Å². The Morgan fingerprint density at radius 2 is 2.44 bits per heavy atom. The second kappa shape index (κ2) is 1.80. The van der Waals surface area contributed by atoms with Crippen molar-refractivity contribution in [2.45, 2.75) is 18.9 Å². The summed E-state index contributed by atoms with van der Waals surface area (Å²) in [7, 11) is 0. The molecule has 0 unspecified atom stereocenters. The molecule has 2 rings (SSSR count). The minimum atomic E-state index is 0.627. The largest absolute Gasteiger partial charge is 0.235 e. The second-order valence-corrected chi connectivity index (χ2v) is 3.04. The van der Waals surface area contributed by atoms with Crippen LogP contribution in [0, 0.1) is 0 Å². The molecular formula is C5H6BrN3. The molecule has 1 aromatic heterocycles. The summed E-state index contributed by atoms with van der Waals surface area (Å²) in [5.41, 5.74) is 0. The van der Waals surface area contributed by atoms with Gasteiger partial charge in [-0.2, -0.15) is 0 Å². The summed E-state index contributed by atoms with van der Waals surface area (Å²) in [6.07, 6.45) is 4.22. The van der Waals surface area contributed by atoms with Gasteiger partial charge in [0.25, 0.3) is 0 Å². The van der Waals surface area contributed by atoms with E-state index >= 15 is 0 Å². The molecule has 0 N–H and O–H groups in total. The van der Waals surface area contributed by atoms with E-state index in [1.807, 2.05) is 4.68 Å². The molecule has 0 bridgehead atoms. The van der Waals surface area contributed by atoms with Crippen LogP contribution in [0.5, 0.6) is 0 Å². The standard InChI is InChI=1S/C5H6BrN3/c6-5-3-7-8-9(5)4-1-2-4/h3-4H,1-2H2. The number of nitrogens with zero attached hydrogens (tertiary/aromatic N) is 3. The van der Waals surface area contributed by atoms with E-state index in [0.717, 1.165) is 4.60 Å². The summed E-state index contributed by atoms with van der Waals surface area (Å²) in [5, 5.41) is 7.65. The zero-order valence-electron chi connectivity index (χ0n) is 4.79. The van der Waals surface area contributed by atoms with Gasteiger partial charge >= 0.3 is 0 Å². The summed E-state index contributed by atoms with van der Waals surface area (Å²) in [6, 6.07) is 0.627. The average Bonchev–Trinajstić information content (AvgIpc) is 2.58. The van der Waals surface area contributed by atoms with E-state index in [9.17, 15) is 0 Å². The fraction of sp³-hybridized carbons (Fsp3) is 0.600. The Morgan fingerprint density at radius 3 is 2.89 bits per heavy atom. The molecule has 1 aliphatic rings. The molecule has 1 saturated carbocycles. The van der Waals surface area contributed by atoms with Crippen molar-refractivity contribution >= 4 is 15.9 Å². The monoisotopic (exact) mass is 187 g/mol. The van der Waals surface area contributed by atoms with Crippen molar-refractivity contribution < 1.29 is 0 Å². The number of rotatable bonds is 1. The first kappa shape index (κ1) is 5.41. The maximum Gasteiger partial charge on any atom is 0.124 e. The van der Waals surface area contributed by atoms with Gasteiger partial charge in [0.1, 0.15) is 4.60 Å². The van der Waals surface area contributed by atoms with E-state index in [1.165, 1.54) is 12.8 Å². The molecule has 0 radical (unpaired) electrons. The van der Waals surface area contributed by atoms with Gasteiger partial charge in [-0.3, -0.25) is 0 Å². The number of halogens is 1. The quantitative estimate of drug-likeness (QED) is 0.666. The van der Waals surface area contributed by atoms with E-state index in [4.69, 9.17) is 0 Å². The highest BCUT2D eigenvalue weighted by Gasteiger charge is 2.25. The molecule has 9 heavy (non-hydrogen) atoms. The lowest BCUT2D eigenvalue weighted by Crippen LogP contribution is -1.95. The molecular weight excluding hydrogens is 182 g/mol. The van der Waals surface area contributed by atoms with Crippen LogP contribution in [0.4, 0.5) is 0 Å². The normalized spacial score (nSPS) is 18.3. The van der Waals surface area contributed by atoms with Gasteiger partial charge in [-0.25, -0.2) is 4.68 Å². The Kier molecular flexibility index (Phi) is 1.08. The van der Waals surface area contributed by atoms with Gasteiger partial charge in [0.2, 0.25) is 0 Å². The third kappa shape index (κ3) is 0.871. The lowest BCUT2D eigenvalue weighted by Gasteiger charge is -1.93. The van der Waals surface area contributed by atoms with Crippen molar-refractivity contribution in [3.8, 4) is 0 Å². The summed E-state index contributed by atoms with van der Waals surface area (Å²) in [6.45, 7) is 0. The molecule has 48 valence electrons. The third-order valence-corrected chi connectivity index (χ3v) is 1.99. The first-order chi connectivity index (χ1) is 4.38. The van der Waals surface area contributed by atoms with Crippen molar-refractivity contribution in [1.29, 1.82) is 0 Å². The average molecular weight is 188 g/mol. The van der Waals surface area contributed by atoms with Gasteiger partial charge in [0, 0.05) is 0 Å². The van der Waals surface area contributed by atoms with Gasteiger partial charge in [-0.15, -0.1) is 5.10 Å². The molecule has 0 spiro atoms. The lowest BCUT2D eigenvalue weighted by atomic mass is 10.7. The highest BCUT2D eigenvalue weighted by molar-refractivity contribution is 9.10. The molecule has 0 aliphatic heterocycles. The fourth-order valence-corrected chi connectivity index (χ4v) is 1.25. The lowest BCUT2D eigenvalue weighted by molar-refractivity contribution is 0.599. The summed E-state index contributed by atoms with van der Waals surface area (Å²) in [4.78, 5) is 0. The summed E-state index contributed by atoms with van der Waals surface area (Å²) >= 11 is 3.34. The maximum absolute atomic E-state index is 3.90. The minimum absolute atomic E-state index is 0.627. The molecule has 1 aromatic rings. The van der Waals surface area contributed by atoms with Crippen LogP contribution >= 0.6 is 15.9 Å². The molecule has 4 heteroatoms. The molecule has 1 fully saturated rings. The maximum atomic E-state index is 3.90. The van der Waals surface area contributed by atoms with Crippen molar-refractivity contribution in [3.05, 3.63) is 10.8 Å². The Bertz CT molecular complexity index is 216. The third-order valence-electron chi connectivity index (χ3n) is 1.42. The van der Waals surface area contributed by atoms with Crippen LogP contribution in [0.3, 0.4) is 0 Å². The van der Waals surface area contributed by atoms with Crippen molar-refractivity contribution in [3.63, 3.8) is 0 Å². The molecule has 0 atom stereocenters. The Balaban J connectivity index is 2.35. The molecule has 0 saturated heterocycles. The number of hydrogen-bond donors (Lipinski definition) is 0. The summed E-state index contributed by atoms with van der Waals surface area (Å²) < 4.78 is 2.91. The van der Waals surface area contributed by atoms with E-state index in [1.54, 1.807) is 6.20 Å². The van der Waals surface area contributed by atoms with Crippen molar-refractivity contribution in [2.24, 2.45) is 0 Å². The van der Waals surface area contributed by atoms with Crippen molar-refractivity contribution in [1.82, 2.24) is 15.0 Å². The predicted octanol–water partition coefficient (Wildman–Crippen LogP) is 1.38. The number of hydrogen-bond acceptors (Lipinski definition) is 2. The number of aromatic nitrogens is 3. The molecule has 1 aliphatic carbocycles. The zero-order chi connectivity index (χ0) is 6.27. The van der Waals surface area contributed by atoms with Crippen molar-refractivity contribution in [2.75, 3.05) is 0 Å². The predicted molar refractivity (Wildman–Crippen MR) is 36.0 cm³/mol. The van der Waals surface area contributed by atoms with Gasteiger partial charge in [0.15, 0.2) is 0 Å². The van der Waals surface area contributed by atoms with Crippen LogP contribution in [0.2, 0.25) is 0 Å². The summed E-state index contributed by atoms with van der Waals surface area (Å²) in [5.74, 6) is 0. The molecule has 0 aromatic carbocycles. The highest BCUT2D eigenvalue weighted by atomic mass is 79.9. The first-order valence-corrected chi connectivity index (χ1v) is 3.73. The van der Waals surface area contributed by atoms with E-state index in [-0.39, 0.29) is 0 Å². The van der Waals surface area contributed by atoms with Crippen LogP contribution in [-0.2, 0) is 0 Å². The van der Waals surface area contributed by atoms with E-state index in [0.29, 0.717) is 6.04 Å². The molecule has 0 amide bonds. The Hall–Kier alpha value is -0.380. The van der Waals surface area contributed by atoms with Crippen LogP contribution < -0.4 is 0 Å². The molecule has 3 nitrogen and oxygen atoms in total. The van der Waals surface area contributed by atoms with E-state index < -0.39 is 0 Å². The SMILES string of the molecule is Brc1cnnn1C1CC1. The topological polar surface area (TPSA) is 30.7 Å². The van der Waals surface area contributed by atoms with Crippen LogP contribution in [0.15, 0.2) is 10.8 Å². The first-order valence-electron chi connectivity index (χ1n) is 2.93. The fourth-order valence-electron chi connectivity index (χ4n) is 0.798. The smallest absolute Gasteiger partial charge is 0.124 e.